The molecule has 1 aromatic heterocycles. The van der Waals surface area contributed by atoms with Crippen molar-refractivity contribution in [2.24, 2.45) is 12.5 Å². The van der Waals surface area contributed by atoms with Crippen LogP contribution in [0.2, 0.25) is 0 Å². The third-order valence-electron chi connectivity index (χ3n) is 6.21. The fourth-order valence-corrected chi connectivity index (χ4v) is 4.94. The molecule has 6 rings (SSSR count). The molecule has 1 unspecified atom stereocenters. The lowest BCUT2D eigenvalue weighted by Gasteiger charge is -2.50. The van der Waals surface area contributed by atoms with Crippen LogP contribution in [0.25, 0.3) is 0 Å². The molecule has 1 N–H and O–H groups in total. The van der Waals surface area contributed by atoms with Gasteiger partial charge in [0.2, 0.25) is 5.91 Å². The molecule has 0 saturated heterocycles. The van der Waals surface area contributed by atoms with Crippen LogP contribution in [-0.4, -0.2) is 15.7 Å². The molecule has 0 radical (unpaired) electrons. The summed E-state index contributed by atoms with van der Waals surface area (Å²) in [5, 5.41) is 7.27. The highest BCUT2D eigenvalue weighted by Gasteiger charge is 2.53. The van der Waals surface area contributed by atoms with Crippen LogP contribution in [0.3, 0.4) is 0 Å². The second-order valence-electron chi connectivity index (χ2n) is 7.66. The highest BCUT2D eigenvalue weighted by molar-refractivity contribution is 5.96. The van der Waals surface area contributed by atoms with Crippen molar-refractivity contribution in [3.63, 3.8) is 0 Å². The molecule has 0 fully saturated rings. The summed E-state index contributed by atoms with van der Waals surface area (Å²) in [7, 11) is 1.84. The average molecular weight is 343 g/mol. The van der Waals surface area contributed by atoms with E-state index < -0.39 is 5.41 Å². The van der Waals surface area contributed by atoms with Gasteiger partial charge >= 0.3 is 0 Å². The summed E-state index contributed by atoms with van der Waals surface area (Å²) in [6, 6.07) is 19.1. The van der Waals surface area contributed by atoms with Crippen LogP contribution in [0.5, 0.6) is 0 Å². The Kier molecular flexibility index (Phi) is 3.14. The van der Waals surface area contributed by atoms with Crippen molar-refractivity contribution < 1.29 is 4.79 Å². The van der Waals surface area contributed by atoms with Crippen molar-refractivity contribution in [3.05, 3.63) is 83.0 Å². The van der Waals surface area contributed by atoms with Gasteiger partial charge in [-0.1, -0.05) is 48.5 Å². The third-order valence-corrected chi connectivity index (χ3v) is 6.21. The molecule has 4 nitrogen and oxygen atoms in total. The minimum atomic E-state index is -0.488. The Hall–Kier alpha value is -2.88. The summed E-state index contributed by atoms with van der Waals surface area (Å²) in [5.74, 6) is 1.15. The van der Waals surface area contributed by atoms with Gasteiger partial charge in [0.1, 0.15) is 5.82 Å². The summed E-state index contributed by atoms with van der Waals surface area (Å²) in [6.07, 6.45) is 2.53. The van der Waals surface area contributed by atoms with E-state index in [0.717, 1.165) is 12.2 Å². The zero-order valence-electron chi connectivity index (χ0n) is 14.9. The number of aromatic nitrogens is 2. The molecule has 3 aliphatic rings. The number of hydrogen-bond acceptors (Lipinski definition) is 2. The molecule has 4 heteroatoms. The van der Waals surface area contributed by atoms with Gasteiger partial charge in [-0.05, 0) is 35.6 Å². The summed E-state index contributed by atoms with van der Waals surface area (Å²) >= 11 is 0. The summed E-state index contributed by atoms with van der Waals surface area (Å²) in [6.45, 7) is 2.11. The van der Waals surface area contributed by atoms with Gasteiger partial charge in [-0.3, -0.25) is 9.48 Å². The quantitative estimate of drug-likeness (QED) is 0.763. The first-order valence-electron chi connectivity index (χ1n) is 9.07. The van der Waals surface area contributed by atoms with E-state index in [0.29, 0.717) is 0 Å². The molecule has 2 aromatic carbocycles. The molecule has 1 heterocycles. The maximum absolute atomic E-state index is 13.4. The van der Waals surface area contributed by atoms with Crippen LogP contribution in [0.1, 0.15) is 47.4 Å². The smallest absolute Gasteiger partial charge is 0.232 e. The lowest BCUT2D eigenvalue weighted by atomic mass is 9.52. The fraction of sp³-hybridized carbons (Fsp3) is 0.273. The third kappa shape index (κ3) is 1.96. The predicted octanol–water partition coefficient (Wildman–Crippen LogP) is 4.05. The molecule has 1 atom stereocenters. The van der Waals surface area contributed by atoms with Crippen LogP contribution >= 0.6 is 0 Å². The largest absolute Gasteiger partial charge is 0.310 e. The standard InChI is InChI=1S/C22H21N3O/c1-22(21(26)24-19-11-12-23-25(19)2)13-18-14-7-3-5-9-16(14)20(22)17-10-6-4-8-15(17)18/h3-12,18,20H,13H2,1-2H3,(H,24,26). The first kappa shape index (κ1) is 15.4. The average Bonchev–Trinajstić information content (AvgIpc) is 3.06. The number of rotatable bonds is 2. The Morgan fingerprint density at radius 2 is 1.62 bits per heavy atom. The van der Waals surface area contributed by atoms with E-state index >= 15 is 0 Å². The monoisotopic (exact) mass is 343 g/mol. The summed E-state index contributed by atoms with van der Waals surface area (Å²) in [4.78, 5) is 13.4. The van der Waals surface area contributed by atoms with Crippen LogP contribution in [0.15, 0.2) is 60.8 Å². The van der Waals surface area contributed by atoms with Gasteiger partial charge in [0, 0.05) is 24.9 Å². The highest BCUT2D eigenvalue weighted by atomic mass is 16.2. The van der Waals surface area contributed by atoms with Crippen molar-refractivity contribution in [2.45, 2.75) is 25.2 Å². The molecule has 0 aliphatic heterocycles. The molecule has 3 aliphatic carbocycles. The molecule has 3 aromatic rings. The molecular formula is C22H21N3O. The van der Waals surface area contributed by atoms with Crippen LogP contribution in [0.4, 0.5) is 5.82 Å². The summed E-state index contributed by atoms with van der Waals surface area (Å²) in [5.41, 5.74) is 4.86. The van der Waals surface area contributed by atoms with Gasteiger partial charge in [0.15, 0.2) is 0 Å². The van der Waals surface area contributed by atoms with E-state index in [4.69, 9.17) is 0 Å². The summed E-state index contributed by atoms with van der Waals surface area (Å²) < 4.78 is 1.70. The zero-order chi connectivity index (χ0) is 17.9. The first-order chi connectivity index (χ1) is 12.6. The Morgan fingerprint density at radius 1 is 1.04 bits per heavy atom. The molecule has 0 saturated carbocycles. The van der Waals surface area contributed by atoms with Crippen LogP contribution < -0.4 is 5.32 Å². The lowest BCUT2D eigenvalue weighted by molar-refractivity contribution is -0.126. The number of nitrogens with zero attached hydrogens (tertiary/aromatic N) is 2. The highest BCUT2D eigenvalue weighted by Crippen LogP contribution is 2.61. The number of anilines is 1. The Balaban J connectivity index is 1.64. The van der Waals surface area contributed by atoms with Crippen molar-refractivity contribution in [3.8, 4) is 0 Å². The van der Waals surface area contributed by atoms with E-state index in [2.05, 4.69) is 65.9 Å². The Bertz CT molecular complexity index is 974. The topological polar surface area (TPSA) is 46.9 Å². The van der Waals surface area contributed by atoms with E-state index in [9.17, 15) is 4.79 Å². The number of carbonyl (C=O) groups excluding carboxylic acids is 1. The Labute approximate surface area is 152 Å². The first-order valence-corrected chi connectivity index (χ1v) is 9.07. The van der Waals surface area contributed by atoms with Gasteiger partial charge in [0.05, 0.1) is 11.6 Å². The number of carbonyl (C=O) groups is 1. The van der Waals surface area contributed by atoms with Crippen LogP contribution in [-0.2, 0) is 11.8 Å². The number of hydrogen-bond donors (Lipinski definition) is 1. The minimum Gasteiger partial charge on any atom is -0.310 e. The second kappa shape index (κ2) is 5.31. The number of benzene rings is 2. The zero-order valence-corrected chi connectivity index (χ0v) is 14.9. The van der Waals surface area contributed by atoms with Crippen molar-refractivity contribution in [1.29, 1.82) is 0 Å². The van der Waals surface area contributed by atoms with E-state index in [1.54, 1.807) is 10.9 Å². The van der Waals surface area contributed by atoms with E-state index in [1.165, 1.54) is 22.3 Å². The molecule has 130 valence electrons. The molecule has 2 bridgehead atoms. The van der Waals surface area contributed by atoms with Gasteiger partial charge in [-0.15, -0.1) is 0 Å². The number of amides is 1. The molecular weight excluding hydrogens is 322 g/mol. The molecule has 0 spiro atoms. The van der Waals surface area contributed by atoms with Crippen LogP contribution in [0, 0.1) is 5.41 Å². The van der Waals surface area contributed by atoms with Crippen molar-refractivity contribution in [1.82, 2.24) is 9.78 Å². The fourth-order valence-electron chi connectivity index (χ4n) is 4.94. The van der Waals surface area contributed by atoms with Gasteiger partial charge in [-0.2, -0.15) is 5.10 Å². The normalized spacial score (nSPS) is 25.5. The lowest BCUT2D eigenvalue weighted by Crippen LogP contribution is -2.47. The van der Waals surface area contributed by atoms with Crippen molar-refractivity contribution in [2.75, 3.05) is 5.32 Å². The predicted molar refractivity (Wildman–Crippen MR) is 101 cm³/mol. The second-order valence-corrected chi connectivity index (χ2v) is 7.66. The van der Waals surface area contributed by atoms with E-state index in [-0.39, 0.29) is 17.7 Å². The van der Waals surface area contributed by atoms with E-state index in [1.807, 2.05) is 13.1 Å². The maximum Gasteiger partial charge on any atom is 0.232 e. The number of nitrogens with one attached hydrogen (secondary N) is 1. The number of fused-ring (bicyclic) bond motifs is 1. The van der Waals surface area contributed by atoms with Gasteiger partial charge < -0.3 is 5.32 Å². The minimum absolute atomic E-state index is 0.0695. The SMILES string of the molecule is Cn1nccc1NC(=O)C1(C)CC2c3ccccc3C1c1ccccc12. The van der Waals surface area contributed by atoms with Gasteiger partial charge in [-0.25, -0.2) is 0 Å². The number of aryl methyl sites for hydroxylation is 1. The van der Waals surface area contributed by atoms with Gasteiger partial charge in [0.25, 0.3) is 0 Å². The Morgan fingerprint density at radius 3 is 2.15 bits per heavy atom. The van der Waals surface area contributed by atoms with Crippen molar-refractivity contribution >= 4 is 11.7 Å². The maximum atomic E-state index is 13.4. The molecule has 26 heavy (non-hydrogen) atoms. The molecule has 1 amide bonds.